The molecule has 1 atom stereocenters. The second-order valence-electron chi connectivity index (χ2n) is 8.12. The van der Waals surface area contributed by atoms with Crippen molar-refractivity contribution in [1.29, 1.82) is 0 Å². The van der Waals surface area contributed by atoms with Crippen LogP contribution >= 0.6 is 0 Å². The van der Waals surface area contributed by atoms with Gasteiger partial charge in [-0.15, -0.1) is 0 Å². The summed E-state index contributed by atoms with van der Waals surface area (Å²) in [5.41, 5.74) is 6.04. The molecule has 3 aromatic carbocycles. The summed E-state index contributed by atoms with van der Waals surface area (Å²) in [6, 6.07) is 28.3. The zero-order valence-electron chi connectivity index (χ0n) is 18.1. The predicted molar refractivity (Wildman–Crippen MR) is 129 cm³/mol. The minimum absolute atomic E-state index is 0.0264. The Labute approximate surface area is 189 Å². The molecule has 3 heteroatoms. The number of hydrogen-bond donors (Lipinski definition) is 0. The molecule has 0 saturated carbocycles. The number of ether oxygens (including phenoxy) is 1. The Morgan fingerprint density at radius 2 is 1.59 bits per heavy atom. The van der Waals surface area contributed by atoms with Crippen molar-refractivity contribution in [2.24, 2.45) is 0 Å². The van der Waals surface area contributed by atoms with Crippen molar-refractivity contribution in [2.45, 2.75) is 19.4 Å². The Bertz CT molecular complexity index is 1210. The van der Waals surface area contributed by atoms with Gasteiger partial charge in [0.05, 0.1) is 18.2 Å². The SMILES string of the molecule is Cc1ccc(C2/C(=C\C=C\c3ccccc3)C3=C(CCO3)C(=O)N2c2ccccc2)cc1. The number of nitrogens with zero attached hydrogens (tertiary/aromatic N) is 1. The highest BCUT2D eigenvalue weighted by atomic mass is 16.5. The highest BCUT2D eigenvalue weighted by Crippen LogP contribution is 2.45. The fraction of sp³-hybridized carbons (Fsp3) is 0.138. The van der Waals surface area contributed by atoms with Crippen LogP contribution in [0.2, 0.25) is 0 Å². The lowest BCUT2D eigenvalue weighted by Crippen LogP contribution is -2.40. The predicted octanol–water partition coefficient (Wildman–Crippen LogP) is 6.40. The van der Waals surface area contributed by atoms with Gasteiger partial charge in [0.2, 0.25) is 0 Å². The lowest BCUT2D eigenvalue weighted by molar-refractivity contribution is -0.115. The molecule has 1 amide bonds. The third kappa shape index (κ3) is 3.78. The molecule has 1 unspecified atom stereocenters. The lowest BCUT2D eigenvalue weighted by Gasteiger charge is -2.38. The highest BCUT2D eigenvalue weighted by Gasteiger charge is 2.42. The van der Waals surface area contributed by atoms with Gasteiger partial charge in [0, 0.05) is 17.7 Å². The number of amides is 1. The van der Waals surface area contributed by atoms with Crippen LogP contribution < -0.4 is 4.90 Å². The molecule has 0 fully saturated rings. The van der Waals surface area contributed by atoms with Gasteiger partial charge in [0.15, 0.2) is 0 Å². The van der Waals surface area contributed by atoms with Gasteiger partial charge in [-0.05, 0) is 30.2 Å². The summed E-state index contributed by atoms with van der Waals surface area (Å²) in [7, 11) is 0. The molecule has 158 valence electrons. The van der Waals surface area contributed by atoms with Crippen LogP contribution in [-0.4, -0.2) is 12.5 Å². The molecule has 3 aromatic rings. The average molecular weight is 420 g/mol. The van der Waals surface area contributed by atoms with E-state index < -0.39 is 0 Å². The maximum Gasteiger partial charge on any atom is 0.258 e. The van der Waals surface area contributed by atoms with Crippen molar-refractivity contribution in [2.75, 3.05) is 11.5 Å². The number of allylic oxidation sites excluding steroid dienone is 2. The molecule has 0 spiro atoms. The van der Waals surface area contributed by atoms with Crippen LogP contribution in [0.1, 0.15) is 29.2 Å². The zero-order chi connectivity index (χ0) is 21.9. The standard InChI is InChI=1S/C29H25NO2/c1-21-15-17-23(18-16-21)27-25(14-8-11-22-9-4-2-5-10-22)28-26(19-20-32-28)29(31)30(27)24-12-6-3-7-13-24/h2-18,27H,19-20H2,1H3/b11-8+,25-14+. The fourth-order valence-corrected chi connectivity index (χ4v) is 4.37. The quantitative estimate of drug-likeness (QED) is 0.490. The van der Waals surface area contributed by atoms with Crippen LogP contribution in [-0.2, 0) is 9.53 Å². The van der Waals surface area contributed by atoms with E-state index >= 15 is 0 Å². The Morgan fingerprint density at radius 1 is 0.906 bits per heavy atom. The van der Waals surface area contributed by atoms with Crippen LogP contribution in [0.25, 0.3) is 6.08 Å². The van der Waals surface area contributed by atoms with Gasteiger partial charge >= 0.3 is 0 Å². The first-order chi connectivity index (χ1) is 15.7. The van der Waals surface area contributed by atoms with Crippen molar-refractivity contribution in [3.8, 4) is 0 Å². The number of anilines is 1. The van der Waals surface area contributed by atoms with Gasteiger partial charge in [-0.25, -0.2) is 0 Å². The second kappa shape index (κ2) is 8.72. The van der Waals surface area contributed by atoms with Gasteiger partial charge < -0.3 is 4.74 Å². The first-order valence-electron chi connectivity index (χ1n) is 11.0. The molecule has 2 heterocycles. The van der Waals surface area contributed by atoms with Crippen molar-refractivity contribution < 1.29 is 9.53 Å². The van der Waals surface area contributed by atoms with Crippen molar-refractivity contribution in [1.82, 2.24) is 0 Å². The first kappa shape index (κ1) is 20.1. The number of hydrogen-bond acceptors (Lipinski definition) is 2. The third-order valence-electron chi connectivity index (χ3n) is 5.96. The van der Waals surface area contributed by atoms with Gasteiger partial charge in [-0.2, -0.15) is 0 Å². The maximum absolute atomic E-state index is 13.6. The van der Waals surface area contributed by atoms with Crippen LogP contribution in [0.3, 0.4) is 0 Å². The van der Waals surface area contributed by atoms with E-state index in [1.54, 1.807) is 0 Å². The zero-order valence-corrected chi connectivity index (χ0v) is 18.1. The second-order valence-corrected chi connectivity index (χ2v) is 8.12. The van der Waals surface area contributed by atoms with E-state index in [9.17, 15) is 4.79 Å². The monoisotopic (exact) mass is 419 g/mol. The molecule has 0 saturated heterocycles. The van der Waals surface area contributed by atoms with E-state index in [1.165, 1.54) is 5.56 Å². The number of carbonyl (C=O) groups excluding carboxylic acids is 1. The average Bonchev–Trinajstić information content (AvgIpc) is 3.33. The number of para-hydroxylation sites is 1. The molecule has 0 bridgehead atoms. The van der Waals surface area contributed by atoms with Crippen LogP contribution in [0, 0.1) is 6.92 Å². The van der Waals surface area contributed by atoms with E-state index in [0.29, 0.717) is 13.0 Å². The molecule has 5 rings (SSSR count). The Hall–Kier alpha value is -3.85. The number of aryl methyl sites for hydroxylation is 1. The molecule has 32 heavy (non-hydrogen) atoms. The summed E-state index contributed by atoms with van der Waals surface area (Å²) < 4.78 is 6.03. The molecule has 0 aromatic heterocycles. The number of benzene rings is 3. The van der Waals surface area contributed by atoms with E-state index in [-0.39, 0.29) is 11.9 Å². The molecular weight excluding hydrogens is 394 g/mol. The maximum atomic E-state index is 13.6. The number of carbonyl (C=O) groups is 1. The van der Waals surface area contributed by atoms with Crippen LogP contribution in [0.5, 0.6) is 0 Å². The minimum atomic E-state index is -0.261. The Balaban J connectivity index is 1.67. The smallest absolute Gasteiger partial charge is 0.258 e. The summed E-state index contributed by atoms with van der Waals surface area (Å²) >= 11 is 0. The van der Waals surface area contributed by atoms with E-state index in [2.05, 4.69) is 61.5 Å². The van der Waals surface area contributed by atoms with Gasteiger partial charge in [-0.1, -0.05) is 96.6 Å². The summed E-state index contributed by atoms with van der Waals surface area (Å²) in [6.45, 7) is 2.62. The van der Waals surface area contributed by atoms with E-state index in [1.807, 2.05) is 53.4 Å². The van der Waals surface area contributed by atoms with Crippen molar-refractivity contribution in [3.63, 3.8) is 0 Å². The molecule has 0 aliphatic carbocycles. The molecular formula is C29H25NO2. The highest BCUT2D eigenvalue weighted by molar-refractivity contribution is 6.09. The third-order valence-corrected chi connectivity index (χ3v) is 5.96. The van der Waals surface area contributed by atoms with Gasteiger partial charge in [0.25, 0.3) is 5.91 Å². The summed E-state index contributed by atoms with van der Waals surface area (Å²) in [5, 5.41) is 0. The molecule has 3 nitrogen and oxygen atoms in total. The topological polar surface area (TPSA) is 29.5 Å². The summed E-state index contributed by atoms with van der Waals surface area (Å²) in [4.78, 5) is 15.6. The fourth-order valence-electron chi connectivity index (χ4n) is 4.37. The Morgan fingerprint density at radius 3 is 2.31 bits per heavy atom. The largest absolute Gasteiger partial charge is 0.492 e. The van der Waals surface area contributed by atoms with Crippen LogP contribution in [0.15, 0.2) is 114 Å². The van der Waals surface area contributed by atoms with E-state index in [4.69, 9.17) is 4.74 Å². The first-order valence-corrected chi connectivity index (χ1v) is 11.0. The lowest BCUT2D eigenvalue weighted by atomic mass is 9.87. The normalized spacial score (nSPS) is 19.5. The number of rotatable bonds is 4. The van der Waals surface area contributed by atoms with Gasteiger partial charge in [0.1, 0.15) is 5.76 Å². The minimum Gasteiger partial charge on any atom is -0.492 e. The molecule has 2 aliphatic heterocycles. The van der Waals surface area contributed by atoms with Crippen molar-refractivity contribution in [3.05, 3.63) is 131 Å². The molecule has 0 radical (unpaired) electrons. The molecule has 2 aliphatic rings. The Kier molecular flexibility index (Phi) is 5.47. The van der Waals surface area contributed by atoms with Crippen LogP contribution in [0.4, 0.5) is 5.69 Å². The summed E-state index contributed by atoms with van der Waals surface area (Å²) in [5.74, 6) is 0.768. The van der Waals surface area contributed by atoms with Gasteiger partial charge in [-0.3, -0.25) is 9.69 Å². The molecule has 0 N–H and O–H groups in total. The summed E-state index contributed by atoms with van der Waals surface area (Å²) in [6.07, 6.45) is 6.87. The van der Waals surface area contributed by atoms with E-state index in [0.717, 1.165) is 33.7 Å². The van der Waals surface area contributed by atoms with Crippen molar-refractivity contribution >= 4 is 17.7 Å².